The molecule has 1 atom stereocenters. The molecule has 0 aromatic carbocycles. The molecule has 1 unspecified atom stereocenters. The first-order chi connectivity index (χ1) is 10.3. The highest BCUT2D eigenvalue weighted by Crippen LogP contribution is 2.18. The molecule has 1 amide bonds. The second kappa shape index (κ2) is 6.26. The van der Waals surface area contributed by atoms with E-state index in [0.717, 1.165) is 12.2 Å². The van der Waals surface area contributed by atoms with Gasteiger partial charge < -0.3 is 14.1 Å². The van der Waals surface area contributed by atoms with Crippen LogP contribution in [-0.2, 0) is 4.79 Å². The number of nitrogens with zero attached hydrogens (tertiary/aromatic N) is 2. The normalized spacial score (nSPS) is 18.3. The molecular formula is C16H16N2O3. The van der Waals surface area contributed by atoms with Crippen LogP contribution < -0.4 is 4.74 Å². The number of pyridine rings is 1. The maximum Gasteiger partial charge on any atom is 0.246 e. The largest absolute Gasteiger partial charge is 0.488 e. The zero-order valence-electron chi connectivity index (χ0n) is 11.5. The fourth-order valence-electron chi connectivity index (χ4n) is 2.28. The molecule has 0 aliphatic carbocycles. The SMILES string of the molecule is O=C(/C=C/c1ccco1)N1CCC(Oc2ccncc2)C1. The zero-order chi connectivity index (χ0) is 14.5. The summed E-state index contributed by atoms with van der Waals surface area (Å²) in [7, 11) is 0. The molecule has 5 nitrogen and oxygen atoms in total. The number of rotatable bonds is 4. The molecule has 1 fully saturated rings. The minimum atomic E-state index is -0.0211. The highest BCUT2D eigenvalue weighted by molar-refractivity contribution is 5.91. The monoisotopic (exact) mass is 284 g/mol. The van der Waals surface area contributed by atoms with Crippen molar-refractivity contribution in [2.45, 2.75) is 12.5 Å². The lowest BCUT2D eigenvalue weighted by molar-refractivity contribution is -0.125. The molecule has 2 aromatic heterocycles. The van der Waals surface area contributed by atoms with Gasteiger partial charge in [0.2, 0.25) is 5.91 Å². The molecule has 1 aliphatic heterocycles. The van der Waals surface area contributed by atoms with Crippen molar-refractivity contribution in [3.8, 4) is 5.75 Å². The van der Waals surface area contributed by atoms with Crippen LogP contribution in [0.3, 0.4) is 0 Å². The lowest BCUT2D eigenvalue weighted by Crippen LogP contribution is -2.29. The van der Waals surface area contributed by atoms with E-state index in [1.165, 1.54) is 6.08 Å². The van der Waals surface area contributed by atoms with Crippen molar-refractivity contribution in [3.05, 3.63) is 54.8 Å². The molecule has 1 aliphatic rings. The molecule has 0 radical (unpaired) electrons. The van der Waals surface area contributed by atoms with Crippen LogP contribution in [0.15, 0.2) is 53.4 Å². The molecule has 0 spiro atoms. The Morgan fingerprint density at radius 1 is 1.38 bits per heavy atom. The van der Waals surface area contributed by atoms with Crippen LogP contribution in [0.25, 0.3) is 6.08 Å². The highest BCUT2D eigenvalue weighted by atomic mass is 16.5. The van der Waals surface area contributed by atoms with Crippen LogP contribution in [-0.4, -0.2) is 35.0 Å². The van der Waals surface area contributed by atoms with Crippen LogP contribution in [0.2, 0.25) is 0 Å². The number of hydrogen-bond donors (Lipinski definition) is 0. The van der Waals surface area contributed by atoms with Crippen LogP contribution >= 0.6 is 0 Å². The van der Waals surface area contributed by atoms with E-state index in [0.29, 0.717) is 18.8 Å². The highest BCUT2D eigenvalue weighted by Gasteiger charge is 2.26. The van der Waals surface area contributed by atoms with Gasteiger partial charge in [-0.2, -0.15) is 0 Å². The third-order valence-corrected chi connectivity index (χ3v) is 3.34. The summed E-state index contributed by atoms with van der Waals surface area (Å²) in [4.78, 5) is 17.8. The third kappa shape index (κ3) is 3.51. The maximum atomic E-state index is 12.1. The lowest BCUT2D eigenvalue weighted by Gasteiger charge is -2.15. The fourth-order valence-corrected chi connectivity index (χ4v) is 2.28. The average molecular weight is 284 g/mol. The van der Waals surface area contributed by atoms with Crippen molar-refractivity contribution in [2.75, 3.05) is 13.1 Å². The van der Waals surface area contributed by atoms with Crippen LogP contribution in [0.4, 0.5) is 0 Å². The second-order valence-electron chi connectivity index (χ2n) is 4.84. The summed E-state index contributed by atoms with van der Waals surface area (Å²) in [6.45, 7) is 1.31. The summed E-state index contributed by atoms with van der Waals surface area (Å²) >= 11 is 0. The number of amides is 1. The second-order valence-corrected chi connectivity index (χ2v) is 4.84. The van der Waals surface area contributed by atoms with E-state index in [9.17, 15) is 4.79 Å². The predicted molar refractivity (Wildman–Crippen MR) is 77.6 cm³/mol. The van der Waals surface area contributed by atoms with Gasteiger partial charge in [0.15, 0.2) is 0 Å². The van der Waals surface area contributed by atoms with Gasteiger partial charge in [0.25, 0.3) is 0 Å². The molecule has 3 rings (SSSR count). The minimum absolute atomic E-state index is 0.0211. The van der Waals surface area contributed by atoms with E-state index in [4.69, 9.17) is 9.15 Å². The molecule has 2 aromatic rings. The molecule has 3 heterocycles. The molecule has 1 saturated heterocycles. The van der Waals surface area contributed by atoms with E-state index in [1.807, 2.05) is 18.2 Å². The van der Waals surface area contributed by atoms with E-state index < -0.39 is 0 Å². The average Bonchev–Trinajstić information content (AvgIpc) is 3.17. The third-order valence-electron chi connectivity index (χ3n) is 3.34. The van der Waals surface area contributed by atoms with Crippen LogP contribution in [0, 0.1) is 0 Å². The summed E-state index contributed by atoms with van der Waals surface area (Å²) < 4.78 is 11.0. The maximum absolute atomic E-state index is 12.1. The van der Waals surface area contributed by atoms with Gasteiger partial charge in [0.05, 0.1) is 12.8 Å². The van der Waals surface area contributed by atoms with E-state index in [1.54, 1.807) is 35.7 Å². The Bertz CT molecular complexity index is 608. The van der Waals surface area contributed by atoms with Gasteiger partial charge in [-0.25, -0.2) is 0 Å². The summed E-state index contributed by atoms with van der Waals surface area (Å²) in [5.41, 5.74) is 0. The van der Waals surface area contributed by atoms with E-state index in [2.05, 4.69) is 4.98 Å². The van der Waals surface area contributed by atoms with Gasteiger partial charge in [0, 0.05) is 31.4 Å². The first-order valence-electron chi connectivity index (χ1n) is 6.88. The zero-order valence-corrected chi connectivity index (χ0v) is 11.5. The van der Waals surface area contributed by atoms with E-state index >= 15 is 0 Å². The molecule has 0 saturated carbocycles. The van der Waals surface area contributed by atoms with Crippen molar-refractivity contribution >= 4 is 12.0 Å². The Morgan fingerprint density at radius 2 is 2.24 bits per heavy atom. The number of furan rings is 1. The standard InChI is InChI=1S/C16H16N2O3/c19-16(4-3-13-2-1-11-20-13)18-10-7-15(12-18)21-14-5-8-17-9-6-14/h1-6,8-9,11,15H,7,10,12H2/b4-3+. The predicted octanol–water partition coefficient (Wildman–Crippen LogP) is 2.37. The van der Waals surface area contributed by atoms with Crippen LogP contribution in [0.5, 0.6) is 5.75 Å². The Labute approximate surface area is 122 Å². The Morgan fingerprint density at radius 3 is 3.00 bits per heavy atom. The molecule has 0 N–H and O–H groups in total. The number of likely N-dealkylation sites (tertiary alicyclic amines) is 1. The fraction of sp³-hybridized carbons (Fsp3) is 0.250. The molecule has 108 valence electrons. The van der Waals surface area contributed by atoms with Gasteiger partial charge >= 0.3 is 0 Å². The quantitative estimate of drug-likeness (QED) is 0.809. The summed E-state index contributed by atoms with van der Waals surface area (Å²) in [6, 6.07) is 7.24. The Hall–Kier alpha value is -2.56. The van der Waals surface area contributed by atoms with Gasteiger partial charge in [-0.3, -0.25) is 9.78 Å². The van der Waals surface area contributed by atoms with Crippen molar-refractivity contribution in [1.29, 1.82) is 0 Å². The smallest absolute Gasteiger partial charge is 0.246 e. The van der Waals surface area contributed by atoms with Crippen molar-refractivity contribution in [2.24, 2.45) is 0 Å². The first-order valence-corrected chi connectivity index (χ1v) is 6.88. The Kier molecular flexibility index (Phi) is 4.00. The number of ether oxygens (including phenoxy) is 1. The van der Waals surface area contributed by atoms with Gasteiger partial charge in [-0.15, -0.1) is 0 Å². The first kappa shape index (κ1) is 13.4. The number of aromatic nitrogens is 1. The lowest BCUT2D eigenvalue weighted by atomic mass is 10.3. The number of carbonyl (C=O) groups is 1. The van der Waals surface area contributed by atoms with Crippen molar-refractivity contribution < 1.29 is 13.9 Å². The van der Waals surface area contributed by atoms with E-state index in [-0.39, 0.29) is 12.0 Å². The molecule has 5 heteroatoms. The topological polar surface area (TPSA) is 55.6 Å². The minimum Gasteiger partial charge on any atom is -0.488 e. The van der Waals surface area contributed by atoms with Crippen molar-refractivity contribution in [1.82, 2.24) is 9.88 Å². The summed E-state index contributed by atoms with van der Waals surface area (Å²) in [6.07, 6.45) is 9.06. The van der Waals surface area contributed by atoms with Crippen molar-refractivity contribution in [3.63, 3.8) is 0 Å². The number of hydrogen-bond acceptors (Lipinski definition) is 4. The molecule has 21 heavy (non-hydrogen) atoms. The van der Waals surface area contributed by atoms with Gasteiger partial charge in [0.1, 0.15) is 17.6 Å². The molecule has 0 bridgehead atoms. The molecular weight excluding hydrogens is 268 g/mol. The summed E-state index contributed by atoms with van der Waals surface area (Å²) in [5.74, 6) is 1.44. The van der Waals surface area contributed by atoms with Crippen LogP contribution in [0.1, 0.15) is 12.2 Å². The summed E-state index contributed by atoms with van der Waals surface area (Å²) in [5, 5.41) is 0. The van der Waals surface area contributed by atoms with Gasteiger partial charge in [-0.05, 0) is 30.3 Å². The van der Waals surface area contributed by atoms with Gasteiger partial charge in [-0.1, -0.05) is 0 Å². The Balaban J connectivity index is 1.53. The number of carbonyl (C=O) groups excluding carboxylic acids is 1.